The molecule has 0 saturated carbocycles. The quantitative estimate of drug-likeness (QED) is 0.441. The number of nitrogens with one attached hydrogen (secondary N) is 1. The van der Waals surface area contributed by atoms with Crippen LogP contribution in [0.3, 0.4) is 0 Å². The molecular weight excluding hydrogens is 456 g/mol. The Hall–Kier alpha value is -3.01. The lowest BCUT2D eigenvalue weighted by Gasteiger charge is -2.32. The minimum atomic E-state index is -3.55. The largest absolute Gasteiger partial charge is 0.322 e. The summed E-state index contributed by atoms with van der Waals surface area (Å²) in [5.41, 5.74) is 2.90. The van der Waals surface area contributed by atoms with Gasteiger partial charge in [0.15, 0.2) is 4.96 Å². The molecule has 7 nitrogen and oxygen atoms in total. The van der Waals surface area contributed by atoms with Gasteiger partial charge in [-0.15, -0.1) is 11.3 Å². The van der Waals surface area contributed by atoms with E-state index in [0.717, 1.165) is 35.5 Å². The van der Waals surface area contributed by atoms with Crippen LogP contribution in [0.15, 0.2) is 71.2 Å². The number of carbonyl (C=O) groups is 1. The second-order valence-corrected chi connectivity index (χ2v) is 11.0. The van der Waals surface area contributed by atoms with E-state index >= 15 is 0 Å². The predicted octanol–water partition coefficient (Wildman–Crippen LogP) is 4.88. The smallest absolute Gasteiger partial charge is 0.255 e. The zero-order valence-electron chi connectivity index (χ0n) is 18.1. The highest BCUT2D eigenvalue weighted by Gasteiger charge is 2.30. The van der Waals surface area contributed by atoms with Crippen LogP contribution in [0.25, 0.3) is 16.2 Å². The number of carbonyl (C=O) groups excluding carboxylic acids is 1. The van der Waals surface area contributed by atoms with Crippen LogP contribution in [0, 0.1) is 0 Å². The van der Waals surface area contributed by atoms with Crippen molar-refractivity contribution in [2.45, 2.75) is 37.1 Å². The van der Waals surface area contributed by atoms with Crippen molar-refractivity contribution in [3.63, 3.8) is 0 Å². The van der Waals surface area contributed by atoms with E-state index in [1.165, 1.54) is 12.1 Å². The van der Waals surface area contributed by atoms with Gasteiger partial charge in [-0.1, -0.05) is 18.6 Å². The van der Waals surface area contributed by atoms with Gasteiger partial charge in [-0.25, -0.2) is 13.4 Å². The minimum Gasteiger partial charge on any atom is -0.322 e. The van der Waals surface area contributed by atoms with Crippen LogP contribution in [-0.2, 0) is 10.0 Å². The van der Waals surface area contributed by atoms with Gasteiger partial charge in [0.05, 0.1) is 10.6 Å². The molecule has 1 fully saturated rings. The topological polar surface area (TPSA) is 83.8 Å². The number of aromatic nitrogens is 2. The molecule has 170 valence electrons. The standard InChI is InChI=1S/C24H24N4O3S2/c1-17-4-2-3-13-28(17)33(30,31)21-11-7-19(8-12-21)23(29)25-20-9-5-18(6-10-20)22-16-27-14-15-32-24(27)26-22/h5-12,14-17H,2-4,13H2,1H3,(H,25,29). The van der Waals surface area contributed by atoms with Crippen LogP contribution in [0.2, 0.25) is 0 Å². The lowest BCUT2D eigenvalue weighted by Crippen LogP contribution is -2.41. The van der Waals surface area contributed by atoms with E-state index in [2.05, 4.69) is 10.3 Å². The van der Waals surface area contributed by atoms with Crippen LogP contribution < -0.4 is 5.32 Å². The number of sulfonamides is 1. The SMILES string of the molecule is CC1CCCCN1S(=O)(=O)c1ccc(C(=O)Nc2ccc(-c3cn4ccsc4n3)cc2)cc1. The Bertz CT molecular complexity index is 1360. The summed E-state index contributed by atoms with van der Waals surface area (Å²) in [6.45, 7) is 2.48. The van der Waals surface area contributed by atoms with E-state index in [0.29, 0.717) is 17.8 Å². The van der Waals surface area contributed by atoms with Crippen LogP contribution in [0.4, 0.5) is 5.69 Å². The molecule has 1 saturated heterocycles. The molecule has 1 amide bonds. The molecule has 1 unspecified atom stereocenters. The third-order valence-electron chi connectivity index (χ3n) is 6.00. The molecule has 1 aliphatic heterocycles. The predicted molar refractivity (Wildman–Crippen MR) is 130 cm³/mol. The average Bonchev–Trinajstić information content (AvgIpc) is 3.42. The molecule has 33 heavy (non-hydrogen) atoms. The van der Waals surface area contributed by atoms with Crippen molar-refractivity contribution in [1.29, 1.82) is 0 Å². The molecule has 2 aromatic carbocycles. The van der Waals surface area contributed by atoms with Crippen molar-refractivity contribution in [2.24, 2.45) is 0 Å². The Morgan fingerprint density at radius 1 is 1.09 bits per heavy atom. The lowest BCUT2D eigenvalue weighted by atomic mass is 10.1. The zero-order valence-corrected chi connectivity index (χ0v) is 19.8. The monoisotopic (exact) mass is 480 g/mol. The molecule has 1 atom stereocenters. The van der Waals surface area contributed by atoms with Gasteiger partial charge < -0.3 is 5.32 Å². The van der Waals surface area contributed by atoms with E-state index in [1.807, 2.05) is 53.4 Å². The number of hydrogen-bond donors (Lipinski definition) is 1. The maximum atomic E-state index is 13.0. The molecular formula is C24H24N4O3S2. The van der Waals surface area contributed by atoms with Crippen molar-refractivity contribution < 1.29 is 13.2 Å². The number of amides is 1. The minimum absolute atomic E-state index is 0.00639. The average molecular weight is 481 g/mol. The molecule has 1 aliphatic rings. The Kier molecular flexibility index (Phi) is 5.77. The number of benzene rings is 2. The van der Waals surface area contributed by atoms with Gasteiger partial charge in [-0.3, -0.25) is 9.20 Å². The fourth-order valence-corrected chi connectivity index (χ4v) is 6.54. The van der Waals surface area contributed by atoms with E-state index < -0.39 is 10.0 Å². The summed E-state index contributed by atoms with van der Waals surface area (Å²) in [6, 6.07) is 13.6. The fourth-order valence-electron chi connectivity index (χ4n) is 4.14. The van der Waals surface area contributed by atoms with Crippen LogP contribution >= 0.6 is 11.3 Å². The van der Waals surface area contributed by atoms with Crippen LogP contribution in [0.5, 0.6) is 0 Å². The zero-order chi connectivity index (χ0) is 23.0. The number of rotatable bonds is 5. The maximum Gasteiger partial charge on any atom is 0.255 e. The maximum absolute atomic E-state index is 13.0. The highest BCUT2D eigenvalue weighted by Crippen LogP contribution is 2.26. The summed E-state index contributed by atoms with van der Waals surface area (Å²) in [4.78, 5) is 18.4. The summed E-state index contributed by atoms with van der Waals surface area (Å²) in [6.07, 6.45) is 6.74. The first kappa shape index (κ1) is 21.8. The lowest BCUT2D eigenvalue weighted by molar-refractivity contribution is 0.102. The third-order valence-corrected chi connectivity index (χ3v) is 8.80. The number of imidazole rings is 1. The van der Waals surface area contributed by atoms with E-state index in [1.54, 1.807) is 27.8 Å². The van der Waals surface area contributed by atoms with Crippen molar-refractivity contribution in [3.05, 3.63) is 71.9 Å². The normalized spacial score (nSPS) is 17.3. The highest BCUT2D eigenvalue weighted by molar-refractivity contribution is 7.89. The van der Waals surface area contributed by atoms with Gasteiger partial charge in [0.25, 0.3) is 5.91 Å². The Morgan fingerprint density at radius 3 is 2.55 bits per heavy atom. The fraction of sp³-hybridized carbons (Fsp3) is 0.250. The van der Waals surface area contributed by atoms with Crippen molar-refractivity contribution >= 4 is 37.9 Å². The molecule has 0 radical (unpaired) electrons. The van der Waals surface area contributed by atoms with E-state index in [9.17, 15) is 13.2 Å². The number of anilines is 1. The number of hydrogen-bond acceptors (Lipinski definition) is 5. The summed E-state index contributed by atoms with van der Waals surface area (Å²) < 4.78 is 29.5. The van der Waals surface area contributed by atoms with Gasteiger partial charge in [0, 0.05) is 47.2 Å². The molecule has 0 bridgehead atoms. The second kappa shape index (κ2) is 8.74. The molecule has 1 N–H and O–H groups in total. The molecule has 3 heterocycles. The number of nitrogens with zero attached hydrogens (tertiary/aromatic N) is 3. The number of piperidine rings is 1. The van der Waals surface area contributed by atoms with Gasteiger partial charge in [-0.2, -0.15) is 4.31 Å². The van der Waals surface area contributed by atoms with Crippen molar-refractivity contribution in [1.82, 2.24) is 13.7 Å². The van der Waals surface area contributed by atoms with Gasteiger partial charge >= 0.3 is 0 Å². The molecule has 4 aromatic rings. The first-order chi connectivity index (χ1) is 15.9. The number of fused-ring (bicyclic) bond motifs is 1. The van der Waals surface area contributed by atoms with E-state index in [-0.39, 0.29) is 16.8 Å². The first-order valence-electron chi connectivity index (χ1n) is 10.9. The second-order valence-electron chi connectivity index (χ2n) is 8.24. The Morgan fingerprint density at radius 2 is 1.85 bits per heavy atom. The molecule has 5 rings (SSSR count). The Balaban J connectivity index is 1.27. The number of thiazole rings is 1. The third kappa shape index (κ3) is 4.31. The van der Waals surface area contributed by atoms with Gasteiger partial charge in [0.1, 0.15) is 0 Å². The first-order valence-corrected chi connectivity index (χ1v) is 13.2. The summed E-state index contributed by atoms with van der Waals surface area (Å²) in [5.74, 6) is -0.291. The molecule has 2 aromatic heterocycles. The van der Waals surface area contributed by atoms with E-state index in [4.69, 9.17) is 0 Å². The van der Waals surface area contributed by atoms with Crippen LogP contribution in [-0.4, -0.2) is 40.6 Å². The molecule has 0 aliphatic carbocycles. The molecule has 9 heteroatoms. The highest BCUT2D eigenvalue weighted by atomic mass is 32.2. The summed E-state index contributed by atoms with van der Waals surface area (Å²) in [5, 5.41) is 4.85. The summed E-state index contributed by atoms with van der Waals surface area (Å²) in [7, 11) is -3.55. The van der Waals surface area contributed by atoms with Gasteiger partial charge in [-0.05, 0) is 56.2 Å². The molecule has 0 spiro atoms. The Labute approximate surface area is 196 Å². The summed E-state index contributed by atoms with van der Waals surface area (Å²) >= 11 is 1.58. The van der Waals surface area contributed by atoms with Crippen molar-refractivity contribution in [3.8, 4) is 11.3 Å². The van der Waals surface area contributed by atoms with Crippen molar-refractivity contribution in [2.75, 3.05) is 11.9 Å². The van der Waals surface area contributed by atoms with Crippen LogP contribution in [0.1, 0.15) is 36.5 Å². The van der Waals surface area contributed by atoms with Gasteiger partial charge in [0.2, 0.25) is 10.0 Å².